The van der Waals surface area contributed by atoms with Gasteiger partial charge < -0.3 is 9.47 Å². The quantitative estimate of drug-likeness (QED) is 0.107. The van der Waals surface area contributed by atoms with Gasteiger partial charge in [-0.15, -0.1) is 0 Å². The zero-order valence-corrected chi connectivity index (χ0v) is 18.4. The van der Waals surface area contributed by atoms with Crippen molar-refractivity contribution in [3.63, 3.8) is 0 Å². The molecule has 0 heterocycles. The largest absolute Gasteiger partial charge is 0.493 e. The first-order valence-electron chi connectivity index (χ1n) is 10.6. The Bertz CT molecular complexity index is 665. The number of benzene rings is 1. The Hall–Kier alpha value is -2.42. The Morgan fingerprint density at radius 3 is 2.33 bits per heavy atom. The van der Waals surface area contributed by atoms with E-state index in [9.17, 15) is 9.59 Å². The first-order valence-corrected chi connectivity index (χ1v) is 10.6. The van der Waals surface area contributed by atoms with Gasteiger partial charge in [0.1, 0.15) is 0 Å². The number of ether oxygens (including phenoxy) is 2. The van der Waals surface area contributed by atoms with Gasteiger partial charge in [0.15, 0.2) is 11.5 Å². The van der Waals surface area contributed by atoms with Gasteiger partial charge in [-0.25, -0.2) is 5.43 Å². The van der Waals surface area contributed by atoms with Gasteiger partial charge in [0.05, 0.1) is 7.11 Å². The van der Waals surface area contributed by atoms with Crippen LogP contribution >= 0.6 is 0 Å². The highest BCUT2D eigenvalue weighted by Crippen LogP contribution is 2.28. The van der Waals surface area contributed by atoms with E-state index in [0.29, 0.717) is 11.5 Å². The van der Waals surface area contributed by atoms with Gasteiger partial charge in [0, 0.05) is 19.5 Å². The summed E-state index contributed by atoms with van der Waals surface area (Å²) in [6.07, 6.45) is 13.2. The van der Waals surface area contributed by atoms with Crippen LogP contribution < -0.4 is 31.4 Å². The predicted octanol–water partition coefficient (Wildman–Crippen LogP) is 3.40. The third kappa shape index (κ3) is 12.2. The monoisotopic (exact) mass is 420 g/mol. The second-order valence-electron chi connectivity index (χ2n) is 6.98. The number of nitrogens with one attached hydrogen (secondary N) is 4. The summed E-state index contributed by atoms with van der Waals surface area (Å²) in [6.45, 7) is 4.38. The van der Waals surface area contributed by atoms with E-state index in [1.54, 1.807) is 24.3 Å². The summed E-state index contributed by atoms with van der Waals surface area (Å²) in [5.74, 6) is 0.00251. The third-order valence-corrected chi connectivity index (χ3v) is 4.36. The van der Waals surface area contributed by atoms with Gasteiger partial charge in [-0.3, -0.25) is 15.0 Å². The van der Waals surface area contributed by atoms with Crippen LogP contribution in [-0.2, 0) is 9.59 Å². The molecular formula is C22H36N4O4. The van der Waals surface area contributed by atoms with Crippen LogP contribution in [0.15, 0.2) is 24.3 Å². The zero-order valence-electron chi connectivity index (χ0n) is 18.4. The van der Waals surface area contributed by atoms with Crippen molar-refractivity contribution in [3.05, 3.63) is 29.8 Å². The third-order valence-electron chi connectivity index (χ3n) is 4.36. The molecule has 168 valence electrons. The maximum atomic E-state index is 11.8. The van der Waals surface area contributed by atoms with Crippen molar-refractivity contribution in [2.45, 2.75) is 65.2 Å². The summed E-state index contributed by atoms with van der Waals surface area (Å²) < 4.78 is 10.3. The SMILES string of the molecule is CCCCCCCCCCNNNNC(=O)C=Cc1ccc(OC(C)=O)c(OC)c1. The molecule has 0 bridgehead atoms. The minimum atomic E-state index is -0.425. The molecule has 0 radical (unpaired) electrons. The molecular weight excluding hydrogens is 384 g/mol. The minimum absolute atomic E-state index is 0.320. The molecule has 0 aromatic heterocycles. The van der Waals surface area contributed by atoms with Crippen LogP contribution in [0.5, 0.6) is 11.5 Å². The summed E-state index contributed by atoms with van der Waals surface area (Å²) in [5, 5.41) is 0. The van der Waals surface area contributed by atoms with Crippen molar-refractivity contribution in [1.82, 2.24) is 21.9 Å². The number of amides is 1. The molecule has 1 aromatic carbocycles. The van der Waals surface area contributed by atoms with Crippen molar-refractivity contribution in [2.75, 3.05) is 13.7 Å². The molecule has 30 heavy (non-hydrogen) atoms. The van der Waals surface area contributed by atoms with Gasteiger partial charge >= 0.3 is 5.97 Å². The van der Waals surface area contributed by atoms with Crippen LogP contribution in [0.25, 0.3) is 6.08 Å². The minimum Gasteiger partial charge on any atom is -0.493 e. The fraction of sp³-hybridized carbons (Fsp3) is 0.545. The molecule has 8 nitrogen and oxygen atoms in total. The van der Waals surface area contributed by atoms with Gasteiger partial charge in [-0.05, 0) is 30.2 Å². The summed E-state index contributed by atoms with van der Waals surface area (Å²) >= 11 is 0. The summed E-state index contributed by atoms with van der Waals surface area (Å²) in [4.78, 5) is 22.9. The van der Waals surface area contributed by atoms with E-state index in [0.717, 1.165) is 18.5 Å². The average molecular weight is 421 g/mol. The zero-order chi connectivity index (χ0) is 22.0. The smallest absolute Gasteiger partial charge is 0.308 e. The number of esters is 1. The number of methoxy groups -OCH3 is 1. The van der Waals surface area contributed by atoms with Crippen molar-refractivity contribution < 1.29 is 19.1 Å². The highest BCUT2D eigenvalue weighted by Gasteiger charge is 2.07. The molecule has 0 fully saturated rings. The van der Waals surface area contributed by atoms with Crippen molar-refractivity contribution in [2.24, 2.45) is 0 Å². The van der Waals surface area contributed by atoms with E-state index >= 15 is 0 Å². The van der Waals surface area contributed by atoms with E-state index in [4.69, 9.17) is 9.47 Å². The lowest BCUT2D eigenvalue weighted by molar-refractivity contribution is -0.132. The Kier molecular flexibility index (Phi) is 14.0. The highest BCUT2D eigenvalue weighted by molar-refractivity contribution is 5.91. The first kappa shape index (κ1) is 25.6. The van der Waals surface area contributed by atoms with E-state index < -0.39 is 5.97 Å². The summed E-state index contributed by atoms with van der Waals surface area (Å²) in [6, 6.07) is 5.02. The predicted molar refractivity (Wildman–Crippen MR) is 118 cm³/mol. The van der Waals surface area contributed by atoms with Gasteiger partial charge in [-0.2, -0.15) is 11.1 Å². The number of hydrazine groups is 3. The standard InChI is InChI=1S/C22H36N4O4/c1-4-5-6-7-8-9-10-11-16-23-25-26-24-22(28)15-13-19-12-14-20(30-18(2)27)21(17-19)29-3/h12-15,17,23,25-26H,4-11,16H2,1-3H3,(H,24,28). The number of hydrogen-bond acceptors (Lipinski definition) is 7. The van der Waals surface area contributed by atoms with Crippen LogP contribution in [0, 0.1) is 0 Å². The Morgan fingerprint density at radius 1 is 0.967 bits per heavy atom. The molecule has 0 unspecified atom stereocenters. The lowest BCUT2D eigenvalue weighted by atomic mass is 10.1. The maximum absolute atomic E-state index is 11.8. The molecule has 0 spiro atoms. The van der Waals surface area contributed by atoms with Crippen molar-refractivity contribution in [1.29, 1.82) is 0 Å². The Balaban J connectivity index is 2.15. The number of unbranched alkanes of at least 4 members (excludes halogenated alkanes) is 7. The Morgan fingerprint density at radius 2 is 1.67 bits per heavy atom. The number of carbonyl (C=O) groups excluding carboxylic acids is 2. The van der Waals surface area contributed by atoms with E-state index in [2.05, 4.69) is 28.8 Å². The van der Waals surface area contributed by atoms with E-state index in [1.807, 2.05) is 0 Å². The normalized spacial score (nSPS) is 10.9. The lowest BCUT2D eigenvalue weighted by Gasteiger charge is -2.09. The molecule has 0 aliphatic rings. The molecule has 1 aromatic rings. The van der Waals surface area contributed by atoms with Crippen LogP contribution in [0.1, 0.15) is 70.8 Å². The van der Waals surface area contributed by atoms with Crippen LogP contribution in [-0.4, -0.2) is 25.5 Å². The van der Waals surface area contributed by atoms with Crippen LogP contribution in [0.4, 0.5) is 0 Å². The second kappa shape index (κ2) is 16.4. The summed E-state index contributed by atoms with van der Waals surface area (Å²) in [5.41, 5.74) is 11.6. The first-order chi connectivity index (χ1) is 14.6. The molecule has 0 saturated heterocycles. The molecule has 1 amide bonds. The molecule has 0 atom stereocenters. The number of hydrogen-bond donors (Lipinski definition) is 4. The highest BCUT2D eigenvalue weighted by atomic mass is 16.6. The molecule has 0 saturated carbocycles. The van der Waals surface area contributed by atoms with E-state index in [-0.39, 0.29) is 5.91 Å². The molecule has 8 heteroatoms. The average Bonchev–Trinajstić information content (AvgIpc) is 2.73. The second-order valence-corrected chi connectivity index (χ2v) is 6.98. The van der Waals surface area contributed by atoms with Crippen molar-refractivity contribution in [3.8, 4) is 11.5 Å². The lowest BCUT2D eigenvalue weighted by Crippen LogP contribution is -2.52. The molecule has 1 rings (SSSR count). The van der Waals surface area contributed by atoms with Gasteiger partial charge in [0.2, 0.25) is 0 Å². The van der Waals surface area contributed by atoms with Crippen LogP contribution in [0.3, 0.4) is 0 Å². The van der Waals surface area contributed by atoms with Gasteiger partial charge in [0.25, 0.3) is 5.91 Å². The molecule has 0 aliphatic heterocycles. The van der Waals surface area contributed by atoms with E-state index in [1.165, 1.54) is 65.1 Å². The maximum Gasteiger partial charge on any atom is 0.308 e. The summed E-state index contributed by atoms with van der Waals surface area (Å²) in [7, 11) is 1.48. The van der Waals surface area contributed by atoms with Crippen LogP contribution in [0.2, 0.25) is 0 Å². The van der Waals surface area contributed by atoms with Gasteiger partial charge in [-0.1, -0.05) is 57.9 Å². The van der Waals surface area contributed by atoms with Crippen molar-refractivity contribution >= 4 is 18.0 Å². The fourth-order valence-electron chi connectivity index (χ4n) is 2.79. The number of carbonyl (C=O) groups is 2. The Labute approximate surface area is 179 Å². The number of rotatable bonds is 16. The fourth-order valence-corrected chi connectivity index (χ4v) is 2.79. The molecule has 0 aliphatic carbocycles. The molecule has 4 N–H and O–H groups in total. The topological polar surface area (TPSA) is 101 Å².